The molecule has 0 aromatic heterocycles. The third-order valence-corrected chi connectivity index (χ3v) is 4.61. The number of rotatable bonds is 4. The monoisotopic (exact) mass is 275 g/mol. The van der Waals surface area contributed by atoms with Gasteiger partial charge in [-0.25, -0.2) is 0 Å². The van der Waals surface area contributed by atoms with Crippen molar-refractivity contribution in [2.24, 2.45) is 0 Å². The van der Waals surface area contributed by atoms with Crippen LogP contribution in [0.4, 0.5) is 0 Å². The van der Waals surface area contributed by atoms with Gasteiger partial charge in [-0.3, -0.25) is 9.69 Å². The Labute approximate surface area is 119 Å². The lowest BCUT2D eigenvalue weighted by atomic mass is 9.79. The fraction of sp³-hybridized carbons (Fsp3) is 0.562. The number of carbonyl (C=O) groups is 1. The van der Waals surface area contributed by atoms with Crippen molar-refractivity contribution in [1.82, 2.24) is 4.90 Å². The molecule has 1 N–H and O–H groups in total. The van der Waals surface area contributed by atoms with Crippen LogP contribution >= 0.6 is 0 Å². The Hall–Kier alpha value is -1.55. The molecule has 2 aliphatic rings. The molecule has 1 aromatic carbocycles. The van der Waals surface area contributed by atoms with Crippen LogP contribution in [0.25, 0.3) is 0 Å². The Balaban J connectivity index is 1.73. The summed E-state index contributed by atoms with van der Waals surface area (Å²) in [6, 6.07) is 7.68. The van der Waals surface area contributed by atoms with E-state index in [0.717, 1.165) is 50.1 Å². The van der Waals surface area contributed by atoms with Gasteiger partial charge in [0.25, 0.3) is 0 Å². The highest BCUT2D eigenvalue weighted by atomic mass is 16.5. The third-order valence-electron chi connectivity index (χ3n) is 4.61. The van der Waals surface area contributed by atoms with E-state index in [2.05, 4.69) is 11.9 Å². The highest BCUT2D eigenvalue weighted by Crippen LogP contribution is 2.41. The summed E-state index contributed by atoms with van der Waals surface area (Å²) < 4.78 is 5.84. The van der Waals surface area contributed by atoms with Crippen molar-refractivity contribution >= 4 is 5.97 Å². The predicted molar refractivity (Wildman–Crippen MR) is 76.1 cm³/mol. The van der Waals surface area contributed by atoms with E-state index in [-0.39, 0.29) is 6.10 Å². The number of hydrogen-bond acceptors (Lipinski definition) is 3. The normalized spacial score (nSPS) is 22.4. The highest BCUT2D eigenvalue weighted by molar-refractivity contribution is 5.81. The standard InChI is InChI=1S/C16H21NO3/c1-17-10-14(11-17)20-13-6-4-12(5-7-13)16(15(18)19)8-2-3-9-16/h4-7,14H,2-3,8-11H2,1H3,(H,18,19). The molecule has 20 heavy (non-hydrogen) atoms. The molecular weight excluding hydrogens is 254 g/mol. The summed E-state index contributed by atoms with van der Waals surface area (Å²) in [6.45, 7) is 1.92. The summed E-state index contributed by atoms with van der Waals surface area (Å²) in [6.07, 6.45) is 3.76. The first-order valence-electron chi connectivity index (χ1n) is 7.29. The molecule has 108 valence electrons. The first-order valence-corrected chi connectivity index (χ1v) is 7.29. The summed E-state index contributed by atoms with van der Waals surface area (Å²) in [5, 5.41) is 9.57. The van der Waals surface area contributed by atoms with E-state index in [0.29, 0.717) is 0 Å². The molecule has 4 nitrogen and oxygen atoms in total. The number of likely N-dealkylation sites (N-methyl/N-ethyl adjacent to an activating group) is 1. The minimum atomic E-state index is -0.690. The van der Waals surface area contributed by atoms with Gasteiger partial charge in [-0.2, -0.15) is 0 Å². The summed E-state index contributed by atoms with van der Waals surface area (Å²) in [4.78, 5) is 13.8. The van der Waals surface area contributed by atoms with Crippen molar-refractivity contribution < 1.29 is 14.6 Å². The lowest BCUT2D eigenvalue weighted by Crippen LogP contribution is -2.51. The van der Waals surface area contributed by atoms with Gasteiger partial charge in [-0.1, -0.05) is 25.0 Å². The van der Waals surface area contributed by atoms with Gasteiger partial charge in [0.2, 0.25) is 0 Å². The molecule has 0 atom stereocenters. The van der Waals surface area contributed by atoms with Gasteiger partial charge < -0.3 is 9.84 Å². The minimum absolute atomic E-state index is 0.269. The van der Waals surface area contributed by atoms with Gasteiger partial charge in [0.05, 0.1) is 5.41 Å². The fourth-order valence-electron chi connectivity index (χ4n) is 3.37. The van der Waals surface area contributed by atoms with Crippen LogP contribution in [0.15, 0.2) is 24.3 Å². The largest absolute Gasteiger partial charge is 0.488 e. The number of nitrogens with zero attached hydrogens (tertiary/aromatic N) is 1. The van der Waals surface area contributed by atoms with Crippen LogP contribution in [-0.2, 0) is 10.2 Å². The quantitative estimate of drug-likeness (QED) is 0.916. The first kappa shape index (κ1) is 13.4. The van der Waals surface area contributed by atoms with Gasteiger partial charge in [0.1, 0.15) is 11.9 Å². The Morgan fingerprint density at radius 3 is 2.35 bits per heavy atom. The molecule has 1 saturated heterocycles. The second-order valence-electron chi connectivity index (χ2n) is 6.08. The molecule has 3 rings (SSSR count). The van der Waals surface area contributed by atoms with Gasteiger partial charge in [-0.05, 0) is 37.6 Å². The molecule has 0 amide bonds. The van der Waals surface area contributed by atoms with Crippen molar-refractivity contribution in [3.05, 3.63) is 29.8 Å². The average Bonchev–Trinajstić information content (AvgIpc) is 2.88. The second-order valence-corrected chi connectivity index (χ2v) is 6.08. The summed E-state index contributed by atoms with van der Waals surface area (Å²) in [7, 11) is 2.07. The summed E-state index contributed by atoms with van der Waals surface area (Å²) >= 11 is 0. The van der Waals surface area contributed by atoms with Crippen LogP contribution in [0.2, 0.25) is 0 Å². The number of hydrogen-bond donors (Lipinski definition) is 1. The first-order chi connectivity index (χ1) is 9.60. The van der Waals surface area contributed by atoms with Gasteiger partial charge in [0.15, 0.2) is 0 Å². The second kappa shape index (κ2) is 5.09. The van der Waals surface area contributed by atoms with Gasteiger partial charge >= 0.3 is 5.97 Å². The maximum Gasteiger partial charge on any atom is 0.314 e. The Bertz CT molecular complexity index is 485. The average molecular weight is 275 g/mol. The number of carboxylic acids is 1. The van der Waals surface area contributed by atoms with E-state index in [9.17, 15) is 9.90 Å². The Morgan fingerprint density at radius 2 is 1.85 bits per heavy atom. The predicted octanol–water partition coefficient (Wildman–Crippen LogP) is 2.28. The van der Waals surface area contributed by atoms with E-state index in [1.807, 2.05) is 24.3 Å². The molecule has 0 spiro atoms. The zero-order valence-corrected chi connectivity index (χ0v) is 11.8. The molecule has 2 fully saturated rings. The lowest BCUT2D eigenvalue weighted by Gasteiger charge is -2.36. The molecule has 4 heteroatoms. The van der Waals surface area contributed by atoms with E-state index in [1.165, 1.54) is 0 Å². The number of aliphatic carboxylic acids is 1. The van der Waals surface area contributed by atoms with Crippen LogP contribution in [0.3, 0.4) is 0 Å². The number of likely N-dealkylation sites (tertiary alicyclic amines) is 1. The Kier molecular flexibility index (Phi) is 3.42. The number of ether oxygens (including phenoxy) is 1. The minimum Gasteiger partial charge on any atom is -0.488 e. The maximum absolute atomic E-state index is 11.6. The molecule has 0 unspecified atom stereocenters. The highest BCUT2D eigenvalue weighted by Gasteiger charge is 2.42. The SMILES string of the molecule is CN1CC(Oc2ccc(C3(C(=O)O)CCCC3)cc2)C1. The van der Waals surface area contributed by atoms with Crippen LogP contribution < -0.4 is 4.74 Å². The molecule has 1 heterocycles. The van der Waals surface area contributed by atoms with Crippen LogP contribution in [-0.4, -0.2) is 42.2 Å². The van der Waals surface area contributed by atoms with Gasteiger partial charge in [-0.15, -0.1) is 0 Å². The fourth-order valence-corrected chi connectivity index (χ4v) is 3.37. The maximum atomic E-state index is 11.6. The van der Waals surface area contributed by atoms with E-state index < -0.39 is 11.4 Å². The number of carboxylic acid groups (broad SMARTS) is 1. The number of benzene rings is 1. The van der Waals surface area contributed by atoms with Crippen molar-refractivity contribution in [2.45, 2.75) is 37.2 Å². The zero-order chi connectivity index (χ0) is 14.2. The molecule has 1 aliphatic carbocycles. The smallest absolute Gasteiger partial charge is 0.314 e. The van der Waals surface area contributed by atoms with Crippen LogP contribution in [0.5, 0.6) is 5.75 Å². The van der Waals surface area contributed by atoms with Gasteiger partial charge in [0, 0.05) is 13.1 Å². The van der Waals surface area contributed by atoms with E-state index in [4.69, 9.17) is 4.74 Å². The molecule has 1 aromatic rings. The lowest BCUT2D eigenvalue weighted by molar-refractivity contribution is -0.143. The molecule has 1 saturated carbocycles. The summed E-state index contributed by atoms with van der Waals surface area (Å²) in [5.41, 5.74) is 0.246. The van der Waals surface area contributed by atoms with Crippen LogP contribution in [0, 0.1) is 0 Å². The van der Waals surface area contributed by atoms with Crippen LogP contribution in [0.1, 0.15) is 31.2 Å². The molecular formula is C16H21NO3. The van der Waals surface area contributed by atoms with E-state index >= 15 is 0 Å². The zero-order valence-electron chi connectivity index (χ0n) is 11.8. The molecule has 0 radical (unpaired) electrons. The third kappa shape index (κ3) is 2.29. The van der Waals surface area contributed by atoms with Crippen molar-refractivity contribution in [1.29, 1.82) is 0 Å². The van der Waals surface area contributed by atoms with Crippen molar-refractivity contribution in [2.75, 3.05) is 20.1 Å². The summed E-state index contributed by atoms with van der Waals surface area (Å²) in [5.74, 6) is 0.148. The van der Waals surface area contributed by atoms with Crippen molar-refractivity contribution in [3.8, 4) is 5.75 Å². The topological polar surface area (TPSA) is 49.8 Å². The molecule has 1 aliphatic heterocycles. The Morgan fingerprint density at radius 1 is 1.25 bits per heavy atom. The van der Waals surface area contributed by atoms with E-state index in [1.54, 1.807) is 0 Å². The molecule has 0 bridgehead atoms. The van der Waals surface area contributed by atoms with Crippen molar-refractivity contribution in [3.63, 3.8) is 0 Å².